The second-order valence-corrected chi connectivity index (χ2v) is 11.0. The standard InChI is InChI=1S/C28H28N8O3S/c1-35-15-17(19-11-16(28(37)34-38)5-6-23(19)35)13-29-24-12-22-25(40-24)27(36-7-9-39-10-8-36)32-26(31-22)18-3-2-4-21-20(18)14-30-33-21/h2-6,11-12,14-15,26,29,31,38H,7-10,13H2,1H3,(H,30,33)(H,34,37). The van der Waals surface area contributed by atoms with Crippen molar-refractivity contribution in [2.75, 3.05) is 36.9 Å². The number of hydrogen-bond acceptors (Lipinski definition) is 9. The minimum absolute atomic E-state index is 0.247. The predicted molar refractivity (Wildman–Crippen MR) is 155 cm³/mol. The summed E-state index contributed by atoms with van der Waals surface area (Å²) >= 11 is 1.67. The van der Waals surface area contributed by atoms with E-state index in [9.17, 15) is 4.79 Å². The molecule has 11 nitrogen and oxygen atoms in total. The molecule has 5 heterocycles. The molecule has 204 valence electrons. The van der Waals surface area contributed by atoms with Crippen molar-refractivity contribution in [3.8, 4) is 0 Å². The molecular weight excluding hydrogens is 528 g/mol. The number of rotatable bonds is 5. The lowest BCUT2D eigenvalue weighted by atomic mass is 10.1. The minimum atomic E-state index is -0.530. The zero-order valence-corrected chi connectivity index (χ0v) is 22.6. The van der Waals surface area contributed by atoms with Gasteiger partial charge in [0, 0.05) is 60.3 Å². The normalized spacial score (nSPS) is 17.0. The number of benzene rings is 2. The van der Waals surface area contributed by atoms with Crippen LogP contribution in [0.3, 0.4) is 0 Å². The molecule has 0 radical (unpaired) electrons. The summed E-state index contributed by atoms with van der Waals surface area (Å²) in [5, 5.41) is 26.6. The Labute approximate surface area is 233 Å². The molecule has 1 saturated heterocycles. The van der Waals surface area contributed by atoms with Gasteiger partial charge in [-0.05, 0) is 35.9 Å². The fraction of sp³-hybridized carbons (Fsp3) is 0.250. The van der Waals surface area contributed by atoms with Gasteiger partial charge in [-0.25, -0.2) is 10.5 Å². The molecule has 1 amide bonds. The average Bonchev–Trinajstić information content (AvgIpc) is 3.72. The predicted octanol–water partition coefficient (Wildman–Crippen LogP) is 4.05. The highest BCUT2D eigenvalue weighted by Gasteiger charge is 2.29. The zero-order chi connectivity index (χ0) is 27.2. The maximum atomic E-state index is 12.0. The number of aromatic amines is 1. The van der Waals surface area contributed by atoms with Crippen molar-refractivity contribution in [1.29, 1.82) is 0 Å². The number of ether oxygens (including phenoxy) is 1. The Hall–Kier alpha value is -4.39. The second-order valence-electron chi connectivity index (χ2n) is 9.92. The molecule has 2 aliphatic heterocycles. The number of amidine groups is 1. The molecule has 5 N–H and O–H groups in total. The molecule has 5 aromatic rings. The van der Waals surface area contributed by atoms with Gasteiger partial charge in [0.15, 0.2) is 0 Å². The SMILES string of the molecule is Cn1cc(CNc2cc3c(s2)C(N2CCOCC2)=NC(c2cccc4[nH]ncc24)N3)c2cc(C(=O)NO)ccc21. The van der Waals surface area contributed by atoms with E-state index in [-0.39, 0.29) is 6.17 Å². The van der Waals surface area contributed by atoms with E-state index in [4.69, 9.17) is 14.9 Å². The minimum Gasteiger partial charge on any atom is -0.378 e. The number of carbonyl (C=O) groups is 1. The van der Waals surface area contributed by atoms with Crippen molar-refractivity contribution in [2.45, 2.75) is 12.7 Å². The van der Waals surface area contributed by atoms with Crippen molar-refractivity contribution in [2.24, 2.45) is 12.0 Å². The monoisotopic (exact) mass is 556 g/mol. The molecule has 1 atom stereocenters. The first-order valence-corrected chi connectivity index (χ1v) is 13.9. The molecule has 2 aromatic carbocycles. The van der Waals surface area contributed by atoms with E-state index in [0.29, 0.717) is 25.3 Å². The van der Waals surface area contributed by atoms with E-state index in [1.807, 2.05) is 42.1 Å². The number of aliphatic imine (C=N–C) groups is 1. The lowest BCUT2D eigenvalue weighted by molar-refractivity contribution is 0.0681. The van der Waals surface area contributed by atoms with E-state index >= 15 is 0 Å². The molecule has 1 unspecified atom stereocenters. The highest BCUT2D eigenvalue weighted by Crippen LogP contribution is 2.40. The number of amides is 1. The molecule has 12 heteroatoms. The van der Waals surface area contributed by atoms with Crippen molar-refractivity contribution < 1.29 is 14.7 Å². The van der Waals surface area contributed by atoms with Crippen LogP contribution in [0.25, 0.3) is 21.8 Å². The average molecular weight is 557 g/mol. The molecule has 7 rings (SSSR count). The van der Waals surface area contributed by atoms with E-state index < -0.39 is 5.91 Å². The highest BCUT2D eigenvalue weighted by molar-refractivity contribution is 7.18. The summed E-state index contributed by atoms with van der Waals surface area (Å²) in [4.78, 5) is 20.6. The Morgan fingerprint density at radius 2 is 2.08 bits per heavy atom. The largest absolute Gasteiger partial charge is 0.378 e. The van der Waals surface area contributed by atoms with Crippen molar-refractivity contribution >= 4 is 55.6 Å². The van der Waals surface area contributed by atoms with E-state index in [1.165, 1.54) is 0 Å². The van der Waals surface area contributed by atoms with Crippen LogP contribution in [0.2, 0.25) is 0 Å². The zero-order valence-electron chi connectivity index (χ0n) is 21.8. The molecule has 40 heavy (non-hydrogen) atoms. The summed E-state index contributed by atoms with van der Waals surface area (Å²) in [5.41, 5.74) is 7.28. The van der Waals surface area contributed by atoms with Crippen LogP contribution in [0.1, 0.15) is 32.5 Å². The summed E-state index contributed by atoms with van der Waals surface area (Å²) in [6.07, 6.45) is 3.67. The molecule has 3 aromatic heterocycles. The first kappa shape index (κ1) is 24.6. The maximum Gasteiger partial charge on any atom is 0.274 e. The van der Waals surface area contributed by atoms with Crippen LogP contribution in [-0.4, -0.2) is 62.9 Å². The third-order valence-electron chi connectivity index (χ3n) is 7.49. The Balaban J connectivity index is 1.20. The van der Waals surface area contributed by atoms with Gasteiger partial charge < -0.3 is 24.8 Å². The molecule has 2 aliphatic rings. The molecule has 0 bridgehead atoms. The van der Waals surface area contributed by atoms with Crippen LogP contribution in [0.5, 0.6) is 0 Å². The van der Waals surface area contributed by atoms with Crippen LogP contribution in [0.15, 0.2) is 59.9 Å². The third-order valence-corrected chi connectivity index (χ3v) is 8.58. The quantitative estimate of drug-likeness (QED) is 0.163. The van der Waals surface area contributed by atoms with E-state index in [2.05, 4.69) is 44.1 Å². The first-order chi connectivity index (χ1) is 19.6. The van der Waals surface area contributed by atoms with Gasteiger partial charge in [0.25, 0.3) is 5.91 Å². The Morgan fingerprint density at radius 1 is 1.20 bits per heavy atom. The number of aromatic nitrogens is 3. The first-order valence-electron chi connectivity index (χ1n) is 13.1. The number of fused-ring (bicyclic) bond motifs is 3. The van der Waals surface area contributed by atoms with E-state index in [1.54, 1.807) is 22.9 Å². The number of anilines is 2. The van der Waals surface area contributed by atoms with Gasteiger partial charge in [0.2, 0.25) is 0 Å². The molecule has 1 fully saturated rings. The third kappa shape index (κ3) is 4.26. The fourth-order valence-electron chi connectivity index (χ4n) is 5.49. The Kier molecular flexibility index (Phi) is 6.14. The number of H-pyrrole nitrogens is 1. The summed E-state index contributed by atoms with van der Waals surface area (Å²) in [6, 6.07) is 13.7. The highest BCUT2D eigenvalue weighted by atomic mass is 32.1. The molecular formula is C28H28N8O3S. The van der Waals surface area contributed by atoms with Gasteiger partial charge in [0.1, 0.15) is 12.0 Å². The van der Waals surface area contributed by atoms with Gasteiger partial charge in [-0.2, -0.15) is 5.10 Å². The lowest BCUT2D eigenvalue weighted by Crippen LogP contribution is -2.42. The van der Waals surface area contributed by atoms with Crippen LogP contribution in [0, 0.1) is 0 Å². The summed E-state index contributed by atoms with van der Waals surface area (Å²) in [7, 11) is 1.98. The van der Waals surface area contributed by atoms with Gasteiger partial charge >= 0.3 is 0 Å². The van der Waals surface area contributed by atoms with Gasteiger partial charge in [-0.3, -0.25) is 15.1 Å². The van der Waals surface area contributed by atoms with Gasteiger partial charge in [-0.1, -0.05) is 12.1 Å². The van der Waals surface area contributed by atoms with Gasteiger partial charge in [-0.15, -0.1) is 11.3 Å². The summed E-state index contributed by atoms with van der Waals surface area (Å²) < 4.78 is 7.66. The number of hydroxylamine groups is 1. The smallest absolute Gasteiger partial charge is 0.274 e. The molecule has 0 spiro atoms. The topological polar surface area (TPSA) is 132 Å². The van der Waals surface area contributed by atoms with Crippen molar-refractivity contribution in [3.63, 3.8) is 0 Å². The number of carbonyl (C=O) groups excluding carboxylic acids is 1. The van der Waals surface area contributed by atoms with Crippen LogP contribution in [0.4, 0.5) is 10.7 Å². The van der Waals surface area contributed by atoms with E-state index in [0.717, 1.165) is 67.4 Å². The maximum absolute atomic E-state index is 12.0. The van der Waals surface area contributed by atoms with Crippen molar-refractivity contribution in [1.82, 2.24) is 25.1 Å². The number of hydrogen-bond donors (Lipinski definition) is 5. The summed E-state index contributed by atoms with van der Waals surface area (Å²) in [5.74, 6) is 0.447. The number of morpholine rings is 1. The Bertz CT molecular complexity index is 1760. The van der Waals surface area contributed by atoms with Crippen LogP contribution >= 0.6 is 11.3 Å². The fourth-order valence-corrected chi connectivity index (χ4v) is 6.53. The number of nitrogens with one attached hydrogen (secondary N) is 4. The second kappa shape index (κ2) is 9.97. The van der Waals surface area contributed by atoms with Crippen LogP contribution < -0.4 is 16.1 Å². The van der Waals surface area contributed by atoms with Gasteiger partial charge in [0.05, 0.1) is 40.5 Å². The molecule has 0 aliphatic carbocycles. The number of nitrogens with zero attached hydrogens (tertiary/aromatic N) is 4. The molecule has 0 saturated carbocycles. The van der Waals surface area contributed by atoms with Crippen LogP contribution in [-0.2, 0) is 18.3 Å². The van der Waals surface area contributed by atoms with Crippen molar-refractivity contribution in [3.05, 3.63) is 76.4 Å². The lowest BCUT2D eigenvalue weighted by Gasteiger charge is -2.33. The number of aryl methyl sites for hydroxylation is 1. The summed E-state index contributed by atoms with van der Waals surface area (Å²) in [6.45, 7) is 3.51. The Morgan fingerprint density at radius 3 is 2.92 bits per heavy atom. The number of thiophene rings is 1.